The molecule has 0 aromatic heterocycles. The first kappa shape index (κ1) is 17.8. The van der Waals surface area contributed by atoms with Crippen molar-refractivity contribution in [2.75, 3.05) is 13.2 Å². The van der Waals surface area contributed by atoms with E-state index in [4.69, 9.17) is 4.74 Å². The third kappa shape index (κ3) is 19.0. The number of carbonyl (C=O) groups excluding carboxylic acids is 1. The minimum Gasteiger partial charge on any atom is -0.382 e. The van der Waals surface area contributed by atoms with Gasteiger partial charge in [-0.25, -0.2) is 0 Å². The van der Waals surface area contributed by atoms with Crippen LogP contribution in [0.25, 0.3) is 0 Å². The molecular weight excluding hydrogens is 200 g/mol. The molecule has 0 heterocycles. The molecule has 2 nitrogen and oxygen atoms in total. The Balaban J connectivity index is 0. The van der Waals surface area contributed by atoms with Crippen LogP contribution in [-0.2, 0) is 9.53 Å². The number of allylic oxidation sites excluding steroid dienone is 2. The van der Waals surface area contributed by atoms with Crippen molar-refractivity contribution >= 4 is 5.78 Å². The summed E-state index contributed by atoms with van der Waals surface area (Å²) in [6.07, 6.45) is 3.31. The van der Waals surface area contributed by atoms with Gasteiger partial charge in [-0.2, -0.15) is 0 Å². The molecule has 2 heteroatoms. The highest BCUT2D eigenvalue weighted by atomic mass is 16.5. The Kier molecular flexibility index (Phi) is 13.8. The minimum atomic E-state index is 0.348. The number of carbonyl (C=O) groups is 1. The first-order valence-electron chi connectivity index (χ1n) is 6.16. The number of Topliss-reactive ketones (excluding diaryl/α,β-unsaturated/α-hetero) is 1. The monoisotopic (exact) mass is 228 g/mol. The van der Waals surface area contributed by atoms with Crippen LogP contribution in [0.3, 0.4) is 0 Å². The van der Waals surface area contributed by atoms with Gasteiger partial charge in [0, 0.05) is 26.1 Å². The first-order valence-corrected chi connectivity index (χ1v) is 6.16. The zero-order valence-electron chi connectivity index (χ0n) is 11.8. The van der Waals surface area contributed by atoms with Crippen molar-refractivity contribution in [2.24, 2.45) is 5.92 Å². The van der Waals surface area contributed by atoms with E-state index in [9.17, 15) is 4.79 Å². The molecule has 0 unspecified atom stereocenters. The van der Waals surface area contributed by atoms with Crippen molar-refractivity contribution in [3.05, 3.63) is 11.6 Å². The second-order valence-corrected chi connectivity index (χ2v) is 4.40. The molecule has 0 rings (SSSR count). The molecule has 0 radical (unpaired) electrons. The van der Waals surface area contributed by atoms with Crippen LogP contribution in [0.2, 0.25) is 0 Å². The highest BCUT2D eigenvalue weighted by Crippen LogP contribution is 2.04. The highest BCUT2D eigenvalue weighted by molar-refractivity contribution is 5.80. The lowest BCUT2D eigenvalue weighted by Gasteiger charge is -2.00. The summed E-state index contributed by atoms with van der Waals surface area (Å²) in [7, 11) is 0. The summed E-state index contributed by atoms with van der Waals surface area (Å²) in [5.41, 5.74) is 1.22. The van der Waals surface area contributed by atoms with E-state index in [-0.39, 0.29) is 0 Å². The maximum absolute atomic E-state index is 11.1. The van der Waals surface area contributed by atoms with Crippen molar-refractivity contribution in [2.45, 2.75) is 54.4 Å². The van der Waals surface area contributed by atoms with Crippen LogP contribution in [-0.4, -0.2) is 19.0 Å². The van der Waals surface area contributed by atoms with Gasteiger partial charge in [0.15, 0.2) is 0 Å². The lowest BCUT2D eigenvalue weighted by molar-refractivity contribution is -0.118. The number of rotatable bonds is 6. The maximum atomic E-state index is 11.1. The summed E-state index contributed by atoms with van der Waals surface area (Å²) in [6, 6.07) is 0. The maximum Gasteiger partial charge on any atom is 0.136 e. The smallest absolute Gasteiger partial charge is 0.136 e. The molecule has 0 aromatic carbocycles. The Bertz CT molecular complexity index is 187. The Labute approximate surface area is 101 Å². The Morgan fingerprint density at radius 3 is 1.94 bits per heavy atom. The van der Waals surface area contributed by atoms with Gasteiger partial charge < -0.3 is 4.74 Å². The Morgan fingerprint density at radius 1 is 1.19 bits per heavy atom. The average molecular weight is 228 g/mol. The van der Waals surface area contributed by atoms with Crippen LogP contribution in [0, 0.1) is 5.92 Å². The summed E-state index contributed by atoms with van der Waals surface area (Å²) in [5.74, 6) is 0.842. The second-order valence-electron chi connectivity index (χ2n) is 4.40. The molecule has 0 aliphatic rings. The summed E-state index contributed by atoms with van der Waals surface area (Å²) in [4.78, 5) is 11.1. The zero-order valence-corrected chi connectivity index (χ0v) is 11.8. The summed E-state index contributed by atoms with van der Waals surface area (Å²) >= 11 is 0. The first-order chi connectivity index (χ1) is 7.43. The molecule has 0 aliphatic heterocycles. The molecule has 0 saturated carbocycles. The largest absolute Gasteiger partial charge is 0.382 e. The van der Waals surface area contributed by atoms with Crippen LogP contribution in [0.1, 0.15) is 54.4 Å². The molecule has 0 saturated heterocycles. The molecule has 0 N–H and O–H groups in total. The molecule has 0 bridgehead atoms. The van der Waals surface area contributed by atoms with E-state index in [0.29, 0.717) is 24.5 Å². The van der Waals surface area contributed by atoms with E-state index in [2.05, 4.69) is 13.8 Å². The van der Waals surface area contributed by atoms with Crippen LogP contribution in [0.5, 0.6) is 0 Å². The minimum absolute atomic E-state index is 0.348. The van der Waals surface area contributed by atoms with Crippen molar-refractivity contribution in [3.63, 3.8) is 0 Å². The second kappa shape index (κ2) is 12.4. The van der Waals surface area contributed by atoms with E-state index in [1.165, 1.54) is 5.57 Å². The van der Waals surface area contributed by atoms with Gasteiger partial charge in [0.1, 0.15) is 5.78 Å². The normalized spacial score (nSPS) is 9.44. The zero-order chi connectivity index (χ0) is 13.0. The predicted molar refractivity (Wildman–Crippen MR) is 70.7 cm³/mol. The topological polar surface area (TPSA) is 26.3 Å². The molecule has 0 fully saturated rings. The fourth-order valence-electron chi connectivity index (χ4n) is 1.06. The van der Waals surface area contributed by atoms with Crippen molar-refractivity contribution in [3.8, 4) is 0 Å². The van der Waals surface area contributed by atoms with Gasteiger partial charge in [0.05, 0.1) is 0 Å². The van der Waals surface area contributed by atoms with Gasteiger partial charge in [-0.1, -0.05) is 25.5 Å². The van der Waals surface area contributed by atoms with Gasteiger partial charge in [-0.15, -0.1) is 0 Å². The summed E-state index contributed by atoms with van der Waals surface area (Å²) in [5, 5.41) is 0. The van der Waals surface area contributed by atoms with E-state index < -0.39 is 0 Å². The van der Waals surface area contributed by atoms with Crippen molar-refractivity contribution < 1.29 is 9.53 Å². The van der Waals surface area contributed by atoms with Gasteiger partial charge >= 0.3 is 0 Å². The molecule has 0 aromatic rings. The van der Waals surface area contributed by atoms with Gasteiger partial charge in [-0.3, -0.25) is 4.79 Å². The molecule has 0 amide bonds. The van der Waals surface area contributed by atoms with Crippen LogP contribution in [0.4, 0.5) is 0 Å². The number of ketones is 1. The Morgan fingerprint density at radius 2 is 1.69 bits per heavy atom. The predicted octanol–water partition coefficient (Wildman–Crippen LogP) is 4.00. The highest BCUT2D eigenvalue weighted by Gasteiger charge is 2.01. The SMILES string of the molecule is CC(C)=CCC(=O)CC(C)C.CCOCC. The quantitative estimate of drug-likeness (QED) is 0.642. The molecule has 0 spiro atoms. The molecule has 0 atom stereocenters. The fourth-order valence-corrected chi connectivity index (χ4v) is 1.06. The average Bonchev–Trinajstić information content (AvgIpc) is 2.16. The Hall–Kier alpha value is -0.630. The van der Waals surface area contributed by atoms with Gasteiger partial charge in [0.25, 0.3) is 0 Å². The van der Waals surface area contributed by atoms with Crippen LogP contribution in [0.15, 0.2) is 11.6 Å². The van der Waals surface area contributed by atoms with Crippen LogP contribution >= 0.6 is 0 Å². The lowest BCUT2D eigenvalue weighted by Crippen LogP contribution is -2.00. The fraction of sp³-hybridized carbons (Fsp3) is 0.786. The number of hydrogen-bond acceptors (Lipinski definition) is 2. The lowest BCUT2D eigenvalue weighted by atomic mass is 10.0. The van der Waals surface area contributed by atoms with Gasteiger partial charge in [0.2, 0.25) is 0 Å². The molecular formula is C14H28O2. The number of hydrogen-bond donors (Lipinski definition) is 0. The van der Waals surface area contributed by atoms with Crippen molar-refractivity contribution in [1.82, 2.24) is 0 Å². The molecule has 0 aliphatic carbocycles. The van der Waals surface area contributed by atoms with E-state index in [1.54, 1.807) is 0 Å². The standard InChI is InChI=1S/C10H18O.C4H10O/c1-8(2)5-6-10(11)7-9(3)4;1-3-5-4-2/h5,9H,6-7H2,1-4H3;3-4H2,1-2H3. The van der Waals surface area contributed by atoms with Crippen molar-refractivity contribution in [1.29, 1.82) is 0 Å². The van der Waals surface area contributed by atoms with E-state index >= 15 is 0 Å². The molecule has 16 heavy (non-hydrogen) atoms. The molecule has 96 valence electrons. The number of ether oxygens (including phenoxy) is 1. The van der Waals surface area contributed by atoms with E-state index in [0.717, 1.165) is 13.2 Å². The van der Waals surface area contributed by atoms with Crippen LogP contribution < -0.4 is 0 Å². The third-order valence-electron chi connectivity index (χ3n) is 1.78. The third-order valence-corrected chi connectivity index (χ3v) is 1.78. The van der Waals surface area contributed by atoms with Gasteiger partial charge in [-0.05, 0) is 33.6 Å². The summed E-state index contributed by atoms with van der Waals surface area (Å²) in [6.45, 7) is 13.8. The van der Waals surface area contributed by atoms with E-state index in [1.807, 2.05) is 33.8 Å². The summed E-state index contributed by atoms with van der Waals surface area (Å²) < 4.78 is 4.83.